The van der Waals surface area contributed by atoms with Crippen LogP contribution in [0.2, 0.25) is 0 Å². The standard InChI is InChI=1S/C21H34N2O3/c1-3-4-5-6-7-8-9-15-23-16-11-14-19(23)22(2)21(26)17-12-10-13-18(24)20(17)25/h10,12-13,19,24-25H,3-9,11,14-16H2,1-2H3. The van der Waals surface area contributed by atoms with E-state index in [9.17, 15) is 15.0 Å². The summed E-state index contributed by atoms with van der Waals surface area (Å²) in [5.74, 6) is -0.827. The first kappa shape index (κ1) is 20.6. The molecule has 146 valence electrons. The van der Waals surface area contributed by atoms with Gasteiger partial charge in [0.05, 0.1) is 11.7 Å². The lowest BCUT2D eigenvalue weighted by Crippen LogP contribution is -2.45. The van der Waals surface area contributed by atoms with Gasteiger partial charge in [0.2, 0.25) is 0 Å². The Morgan fingerprint density at radius 3 is 2.58 bits per heavy atom. The summed E-state index contributed by atoms with van der Waals surface area (Å²) in [7, 11) is 1.79. The van der Waals surface area contributed by atoms with E-state index in [4.69, 9.17) is 0 Å². The summed E-state index contributed by atoms with van der Waals surface area (Å²) in [4.78, 5) is 16.8. The van der Waals surface area contributed by atoms with E-state index in [1.807, 2.05) is 0 Å². The number of phenolic OH excluding ortho intramolecular Hbond substituents is 2. The van der Waals surface area contributed by atoms with Gasteiger partial charge in [0.15, 0.2) is 11.5 Å². The second kappa shape index (κ2) is 10.4. The zero-order valence-corrected chi connectivity index (χ0v) is 16.3. The van der Waals surface area contributed by atoms with Crippen LogP contribution < -0.4 is 0 Å². The fourth-order valence-corrected chi connectivity index (χ4v) is 3.81. The molecule has 2 N–H and O–H groups in total. The maximum atomic E-state index is 12.8. The molecule has 1 fully saturated rings. The van der Waals surface area contributed by atoms with Crippen LogP contribution in [0, 0.1) is 0 Å². The minimum absolute atomic E-state index is 0.0735. The van der Waals surface area contributed by atoms with Gasteiger partial charge in [0.1, 0.15) is 0 Å². The normalized spacial score (nSPS) is 17.5. The van der Waals surface area contributed by atoms with Crippen LogP contribution >= 0.6 is 0 Å². The fraction of sp³-hybridized carbons (Fsp3) is 0.667. The quantitative estimate of drug-likeness (QED) is 0.480. The van der Waals surface area contributed by atoms with E-state index in [2.05, 4.69) is 11.8 Å². The third-order valence-corrected chi connectivity index (χ3v) is 5.39. The van der Waals surface area contributed by atoms with E-state index in [0.717, 1.165) is 25.9 Å². The molecule has 0 saturated carbocycles. The number of aromatic hydroxyl groups is 2. The van der Waals surface area contributed by atoms with Crippen molar-refractivity contribution in [3.8, 4) is 11.5 Å². The molecule has 1 aliphatic rings. The van der Waals surface area contributed by atoms with E-state index in [-0.39, 0.29) is 29.1 Å². The number of phenols is 2. The molecule has 1 aromatic rings. The highest BCUT2D eigenvalue weighted by atomic mass is 16.3. The van der Waals surface area contributed by atoms with Gasteiger partial charge in [-0.15, -0.1) is 0 Å². The van der Waals surface area contributed by atoms with Crippen molar-refractivity contribution in [1.29, 1.82) is 0 Å². The summed E-state index contributed by atoms with van der Waals surface area (Å²) in [5, 5.41) is 19.6. The van der Waals surface area contributed by atoms with E-state index < -0.39 is 0 Å². The number of amides is 1. The summed E-state index contributed by atoms with van der Waals surface area (Å²) in [6.07, 6.45) is 11.1. The van der Waals surface area contributed by atoms with Crippen LogP contribution in [0.3, 0.4) is 0 Å². The molecular weight excluding hydrogens is 328 g/mol. The molecule has 0 aliphatic carbocycles. The summed E-state index contributed by atoms with van der Waals surface area (Å²) < 4.78 is 0. The molecule has 1 aliphatic heterocycles. The van der Waals surface area contributed by atoms with Crippen molar-refractivity contribution in [2.24, 2.45) is 0 Å². The number of rotatable bonds is 10. The zero-order valence-electron chi connectivity index (χ0n) is 16.3. The third kappa shape index (κ3) is 5.37. The van der Waals surface area contributed by atoms with Crippen LogP contribution in [0.15, 0.2) is 18.2 Å². The minimum Gasteiger partial charge on any atom is -0.504 e. The zero-order chi connectivity index (χ0) is 18.9. The Labute approximate surface area is 157 Å². The van der Waals surface area contributed by atoms with Crippen LogP contribution in [0.5, 0.6) is 11.5 Å². The molecule has 5 nitrogen and oxygen atoms in total. The van der Waals surface area contributed by atoms with Crippen LogP contribution in [0.25, 0.3) is 0 Å². The van der Waals surface area contributed by atoms with Gasteiger partial charge in [0.25, 0.3) is 5.91 Å². The number of likely N-dealkylation sites (tertiary alicyclic amines) is 1. The SMILES string of the molecule is CCCCCCCCCN1CCCC1N(C)C(=O)c1cccc(O)c1O. The molecule has 0 bridgehead atoms. The molecule has 1 aromatic carbocycles. The number of carbonyl (C=O) groups excluding carboxylic acids is 1. The number of benzene rings is 1. The van der Waals surface area contributed by atoms with Gasteiger partial charge in [-0.05, 0) is 31.4 Å². The highest BCUT2D eigenvalue weighted by Gasteiger charge is 2.31. The van der Waals surface area contributed by atoms with Gasteiger partial charge in [-0.2, -0.15) is 0 Å². The van der Waals surface area contributed by atoms with Gasteiger partial charge in [-0.3, -0.25) is 9.69 Å². The summed E-state index contributed by atoms with van der Waals surface area (Å²) in [6, 6.07) is 4.53. The molecule has 0 aromatic heterocycles. The molecular formula is C21H34N2O3. The minimum atomic E-state index is -0.332. The first-order valence-corrected chi connectivity index (χ1v) is 10.1. The lowest BCUT2D eigenvalue weighted by Gasteiger charge is -2.32. The molecule has 0 spiro atoms. The molecule has 26 heavy (non-hydrogen) atoms. The average Bonchev–Trinajstić information content (AvgIpc) is 3.10. The second-order valence-corrected chi connectivity index (χ2v) is 7.37. The van der Waals surface area contributed by atoms with Gasteiger partial charge < -0.3 is 15.1 Å². The molecule has 1 saturated heterocycles. The van der Waals surface area contributed by atoms with E-state index in [0.29, 0.717) is 0 Å². The largest absolute Gasteiger partial charge is 0.504 e. The van der Waals surface area contributed by atoms with Crippen LogP contribution in [-0.4, -0.2) is 52.2 Å². The number of unbranched alkanes of at least 4 members (excludes halogenated alkanes) is 6. The lowest BCUT2D eigenvalue weighted by atomic mass is 10.1. The predicted octanol–water partition coefficient (Wildman–Crippen LogP) is 4.34. The van der Waals surface area contributed by atoms with Crippen molar-refractivity contribution in [2.75, 3.05) is 20.1 Å². The predicted molar refractivity (Wildman–Crippen MR) is 104 cm³/mol. The van der Waals surface area contributed by atoms with Crippen LogP contribution in [0.4, 0.5) is 0 Å². The molecule has 1 heterocycles. The number of hydrogen-bond acceptors (Lipinski definition) is 4. The first-order chi connectivity index (χ1) is 12.6. The van der Waals surface area contributed by atoms with Crippen molar-refractivity contribution in [3.63, 3.8) is 0 Å². The van der Waals surface area contributed by atoms with Gasteiger partial charge in [0, 0.05) is 20.1 Å². The molecule has 1 atom stereocenters. The van der Waals surface area contributed by atoms with E-state index in [1.165, 1.54) is 51.0 Å². The first-order valence-electron chi connectivity index (χ1n) is 10.1. The second-order valence-electron chi connectivity index (χ2n) is 7.37. The van der Waals surface area contributed by atoms with E-state index in [1.54, 1.807) is 24.1 Å². The number of hydrogen-bond donors (Lipinski definition) is 2. The Morgan fingerprint density at radius 1 is 1.15 bits per heavy atom. The summed E-state index contributed by atoms with van der Waals surface area (Å²) in [5.41, 5.74) is 0.162. The number of carbonyl (C=O) groups is 1. The fourth-order valence-electron chi connectivity index (χ4n) is 3.81. The monoisotopic (exact) mass is 362 g/mol. The third-order valence-electron chi connectivity index (χ3n) is 5.39. The highest BCUT2D eigenvalue weighted by Crippen LogP contribution is 2.30. The van der Waals surface area contributed by atoms with Crippen LogP contribution in [0.1, 0.15) is 75.1 Å². The Bertz CT molecular complexity index is 576. The number of nitrogens with zero attached hydrogens (tertiary/aromatic N) is 2. The van der Waals surface area contributed by atoms with Crippen LogP contribution in [-0.2, 0) is 0 Å². The highest BCUT2D eigenvalue weighted by molar-refractivity contribution is 5.97. The van der Waals surface area contributed by atoms with Crippen molar-refractivity contribution in [1.82, 2.24) is 9.80 Å². The van der Waals surface area contributed by atoms with E-state index >= 15 is 0 Å². The lowest BCUT2D eigenvalue weighted by molar-refractivity contribution is 0.0529. The van der Waals surface area contributed by atoms with Gasteiger partial charge in [-0.1, -0.05) is 51.5 Å². The Balaban J connectivity index is 1.84. The Kier molecular flexibility index (Phi) is 8.23. The Hall–Kier alpha value is -1.75. The molecule has 1 amide bonds. The molecule has 5 heteroatoms. The summed E-state index contributed by atoms with van der Waals surface area (Å²) >= 11 is 0. The van der Waals surface area contributed by atoms with Crippen molar-refractivity contribution in [3.05, 3.63) is 23.8 Å². The molecule has 1 unspecified atom stereocenters. The maximum absolute atomic E-state index is 12.8. The topological polar surface area (TPSA) is 64.0 Å². The maximum Gasteiger partial charge on any atom is 0.258 e. The van der Waals surface area contributed by atoms with Crippen molar-refractivity contribution >= 4 is 5.91 Å². The van der Waals surface area contributed by atoms with Gasteiger partial charge >= 0.3 is 0 Å². The van der Waals surface area contributed by atoms with Gasteiger partial charge in [-0.25, -0.2) is 0 Å². The van der Waals surface area contributed by atoms with Crippen molar-refractivity contribution in [2.45, 2.75) is 70.9 Å². The molecule has 0 radical (unpaired) electrons. The van der Waals surface area contributed by atoms with Crippen molar-refractivity contribution < 1.29 is 15.0 Å². The average molecular weight is 363 g/mol. The number of para-hydroxylation sites is 1. The molecule has 2 rings (SSSR count). The summed E-state index contributed by atoms with van der Waals surface area (Å²) in [6.45, 7) is 4.27. The Morgan fingerprint density at radius 2 is 1.85 bits per heavy atom. The smallest absolute Gasteiger partial charge is 0.258 e.